The molecule has 9 nitrogen and oxygen atoms in total. The summed E-state index contributed by atoms with van der Waals surface area (Å²) >= 11 is 1.20. The highest BCUT2D eigenvalue weighted by atomic mass is 32.2. The Kier molecular flexibility index (Phi) is 3.09. The molecule has 0 saturated heterocycles. The average molecular weight is 278 g/mol. The van der Waals surface area contributed by atoms with E-state index in [-0.39, 0.29) is 0 Å². The quantitative estimate of drug-likeness (QED) is 0.857. The molecule has 1 aliphatic heterocycles. The highest BCUT2D eigenvalue weighted by molar-refractivity contribution is 8.12. The topological polar surface area (TPSA) is 90.3 Å². The number of rotatable bonds is 3. The van der Waals surface area contributed by atoms with Crippen molar-refractivity contribution >= 4 is 17.1 Å². The fourth-order valence-electron chi connectivity index (χ4n) is 1.59. The number of hydrogen-bond acceptors (Lipinski definition) is 7. The number of tetrazole rings is 1. The third kappa shape index (κ3) is 2.85. The van der Waals surface area contributed by atoms with Crippen LogP contribution in [0.2, 0.25) is 0 Å². The lowest BCUT2D eigenvalue weighted by Crippen LogP contribution is -2.19. The van der Waals surface area contributed by atoms with Crippen LogP contribution in [0.5, 0.6) is 0 Å². The van der Waals surface area contributed by atoms with Gasteiger partial charge in [0, 0.05) is 50.0 Å². The van der Waals surface area contributed by atoms with Gasteiger partial charge in [-0.15, -0.1) is 10.2 Å². The van der Waals surface area contributed by atoms with E-state index in [1.165, 1.54) is 21.3 Å². The molecule has 0 fully saturated rings. The van der Waals surface area contributed by atoms with E-state index in [4.69, 9.17) is 0 Å². The third-order valence-electron chi connectivity index (χ3n) is 2.38. The number of hydrazone groups is 1. The van der Waals surface area contributed by atoms with Gasteiger partial charge in [-0.05, 0) is 16.8 Å². The maximum Gasteiger partial charge on any atom is 0.180 e. The van der Waals surface area contributed by atoms with Crippen LogP contribution >= 0.6 is 11.9 Å². The molecule has 0 saturated carbocycles. The molecular formula is C9H12N9S-. The van der Waals surface area contributed by atoms with Gasteiger partial charge in [0.25, 0.3) is 0 Å². The van der Waals surface area contributed by atoms with Gasteiger partial charge < -0.3 is 20.2 Å². The Morgan fingerprint density at radius 1 is 1.42 bits per heavy atom. The monoisotopic (exact) mass is 278 g/mol. The van der Waals surface area contributed by atoms with Crippen molar-refractivity contribution in [2.24, 2.45) is 12.1 Å². The van der Waals surface area contributed by atoms with E-state index in [1.54, 1.807) is 7.05 Å². The molecule has 0 bridgehead atoms. The van der Waals surface area contributed by atoms with E-state index in [9.17, 15) is 0 Å². The smallest absolute Gasteiger partial charge is 0.180 e. The van der Waals surface area contributed by atoms with E-state index < -0.39 is 0 Å². The lowest BCUT2D eigenvalue weighted by molar-refractivity contribution is 0.307. The van der Waals surface area contributed by atoms with Crippen LogP contribution in [-0.2, 0) is 13.5 Å². The molecule has 3 heterocycles. The Morgan fingerprint density at radius 3 is 3.00 bits per heavy atom. The average Bonchev–Trinajstić information content (AvgIpc) is 3.05. The molecule has 2 aromatic heterocycles. The van der Waals surface area contributed by atoms with E-state index in [0.29, 0.717) is 17.4 Å². The molecule has 0 unspecified atom stereocenters. The standard InChI is InChI=1S/C9H12N9S/c1-16-4-3-7(6-16)5-8-10-15-18(12-8)19-9-11-14-17(2)13-9/h3-4,6,14H,5H2,1-2H3/q-1. The number of amidine groups is 1. The second kappa shape index (κ2) is 4.90. The van der Waals surface area contributed by atoms with Crippen LogP contribution in [0.4, 0.5) is 0 Å². The molecule has 10 heteroatoms. The van der Waals surface area contributed by atoms with Crippen molar-refractivity contribution in [3.63, 3.8) is 0 Å². The summed E-state index contributed by atoms with van der Waals surface area (Å²) < 4.78 is 3.39. The highest BCUT2D eigenvalue weighted by Gasteiger charge is 2.07. The Balaban J connectivity index is 1.64. The van der Waals surface area contributed by atoms with Crippen LogP contribution < -0.4 is 5.53 Å². The van der Waals surface area contributed by atoms with Crippen molar-refractivity contribution in [1.82, 2.24) is 34.8 Å². The van der Waals surface area contributed by atoms with Crippen molar-refractivity contribution in [2.75, 3.05) is 7.05 Å². The molecule has 2 aromatic rings. The minimum absolute atomic E-state index is 0.533. The van der Waals surface area contributed by atoms with Gasteiger partial charge in [-0.1, -0.05) is 4.20 Å². The first-order chi connectivity index (χ1) is 9.19. The summed E-state index contributed by atoms with van der Waals surface area (Å²) in [5.74, 6) is 0.665. The summed E-state index contributed by atoms with van der Waals surface area (Å²) in [7, 11) is 3.74. The zero-order valence-electron chi connectivity index (χ0n) is 10.4. The van der Waals surface area contributed by atoms with E-state index in [1.807, 2.05) is 30.1 Å². The fraction of sp³-hybridized carbons (Fsp3) is 0.333. The van der Waals surface area contributed by atoms with Crippen LogP contribution in [-0.4, -0.2) is 41.5 Å². The van der Waals surface area contributed by atoms with E-state index >= 15 is 0 Å². The maximum absolute atomic E-state index is 4.26. The first-order valence-corrected chi connectivity index (χ1v) is 6.33. The number of aromatic nitrogens is 5. The highest BCUT2D eigenvalue weighted by Crippen LogP contribution is 2.14. The zero-order chi connectivity index (χ0) is 13.2. The van der Waals surface area contributed by atoms with Gasteiger partial charge in [0.05, 0.1) is 0 Å². The van der Waals surface area contributed by atoms with Gasteiger partial charge >= 0.3 is 0 Å². The fourth-order valence-corrected chi connectivity index (χ4v) is 2.18. The molecule has 19 heavy (non-hydrogen) atoms. The molecule has 0 aromatic carbocycles. The summed E-state index contributed by atoms with van der Waals surface area (Å²) in [5, 5.41) is 18.3. The largest absolute Gasteiger partial charge is 0.373 e. The van der Waals surface area contributed by atoms with Crippen LogP contribution in [0.1, 0.15) is 11.4 Å². The molecule has 0 atom stereocenters. The summed E-state index contributed by atoms with van der Waals surface area (Å²) in [6, 6.07) is 2.03. The van der Waals surface area contributed by atoms with E-state index in [0.717, 1.165) is 5.56 Å². The van der Waals surface area contributed by atoms with Crippen LogP contribution in [0, 0.1) is 0 Å². The minimum atomic E-state index is 0.533. The Hall–Kier alpha value is -2.07. The lowest BCUT2D eigenvalue weighted by Gasteiger charge is -2.11. The number of nitrogens with zero attached hydrogens (tertiary/aromatic N) is 8. The molecule has 0 spiro atoms. The van der Waals surface area contributed by atoms with Gasteiger partial charge in [-0.25, -0.2) is 5.53 Å². The minimum Gasteiger partial charge on any atom is -0.373 e. The molecule has 0 aliphatic carbocycles. The Labute approximate surface area is 113 Å². The van der Waals surface area contributed by atoms with Crippen LogP contribution in [0.15, 0.2) is 23.6 Å². The van der Waals surface area contributed by atoms with Crippen molar-refractivity contribution in [3.8, 4) is 0 Å². The normalized spacial score (nSPS) is 14.6. The van der Waals surface area contributed by atoms with Crippen LogP contribution in [0.25, 0.3) is 5.43 Å². The van der Waals surface area contributed by atoms with Crippen LogP contribution in [0.3, 0.4) is 0 Å². The maximum atomic E-state index is 4.26. The van der Waals surface area contributed by atoms with Crippen molar-refractivity contribution in [2.45, 2.75) is 6.42 Å². The second-order valence-electron chi connectivity index (χ2n) is 4.03. The second-order valence-corrected chi connectivity index (χ2v) is 4.90. The lowest BCUT2D eigenvalue weighted by atomic mass is 10.2. The van der Waals surface area contributed by atoms with Gasteiger partial charge in [0.15, 0.2) is 5.82 Å². The summed E-state index contributed by atoms with van der Waals surface area (Å²) in [4.78, 5) is 0. The molecule has 1 aliphatic rings. The van der Waals surface area contributed by atoms with Crippen molar-refractivity contribution in [3.05, 3.63) is 35.3 Å². The first-order valence-electron chi connectivity index (χ1n) is 5.56. The van der Waals surface area contributed by atoms with Gasteiger partial charge in [-0.2, -0.15) is 0 Å². The van der Waals surface area contributed by atoms with Crippen molar-refractivity contribution < 1.29 is 0 Å². The predicted octanol–water partition coefficient (Wildman–Crippen LogP) is 0.108. The zero-order valence-corrected chi connectivity index (χ0v) is 11.2. The number of aryl methyl sites for hydroxylation is 1. The first kappa shape index (κ1) is 12.0. The molecule has 3 rings (SSSR count). The SMILES string of the molecule is CN1N=C(Sn2nnc(Cc3ccn(C)c3)n2)[N-]N1. The van der Waals surface area contributed by atoms with Gasteiger partial charge in [0.1, 0.15) is 0 Å². The van der Waals surface area contributed by atoms with E-state index in [2.05, 4.69) is 31.5 Å². The Bertz CT molecular complexity index is 600. The predicted molar refractivity (Wildman–Crippen MR) is 70.7 cm³/mol. The number of hydrogen-bond donors (Lipinski definition) is 1. The number of nitrogens with one attached hydrogen (secondary N) is 1. The third-order valence-corrected chi connectivity index (χ3v) is 3.04. The molecule has 1 N–H and O–H groups in total. The molecule has 0 amide bonds. The summed E-state index contributed by atoms with van der Waals surface area (Å²) in [6.07, 6.45) is 4.68. The molecule has 0 radical (unpaired) electrons. The van der Waals surface area contributed by atoms with Crippen molar-refractivity contribution in [1.29, 1.82) is 0 Å². The molecular weight excluding hydrogens is 266 g/mol. The molecule has 100 valence electrons. The Morgan fingerprint density at radius 2 is 2.32 bits per heavy atom. The van der Waals surface area contributed by atoms with Gasteiger partial charge in [-0.3, -0.25) is 0 Å². The summed E-state index contributed by atoms with van der Waals surface area (Å²) in [6.45, 7) is 0. The van der Waals surface area contributed by atoms with Gasteiger partial charge in [0.2, 0.25) is 0 Å². The number of hydrazine groups is 1. The summed E-state index contributed by atoms with van der Waals surface area (Å²) in [5.41, 5.74) is 7.80.